The first-order valence-corrected chi connectivity index (χ1v) is 9.87. The van der Waals surface area contributed by atoms with Crippen molar-refractivity contribution in [3.05, 3.63) is 67.5 Å². The summed E-state index contributed by atoms with van der Waals surface area (Å²) < 4.78 is 1.23. The van der Waals surface area contributed by atoms with E-state index in [1.807, 2.05) is 12.1 Å². The average Bonchev–Trinajstić information content (AvgIpc) is 2.92. The molecule has 1 aromatic heterocycles. The number of hydrogen-bond donors (Lipinski definition) is 1. The van der Waals surface area contributed by atoms with Crippen LogP contribution in [0, 0.1) is 11.3 Å². The Morgan fingerprint density at radius 1 is 1.35 bits per heavy atom. The fourth-order valence-electron chi connectivity index (χ4n) is 4.09. The van der Waals surface area contributed by atoms with Gasteiger partial charge in [-0.1, -0.05) is 32.9 Å². The molecule has 0 atom stereocenters. The zero-order valence-corrected chi connectivity index (χ0v) is 17.2. The molecule has 0 saturated heterocycles. The van der Waals surface area contributed by atoms with Crippen LogP contribution in [0.1, 0.15) is 55.2 Å². The SMILES string of the molecule is CCC1=CC2=C(CC=C1I)C(C)(C)c1[nH]c3cc(C#N)ccc3c1C2=O. The van der Waals surface area contributed by atoms with Crippen molar-refractivity contribution in [2.75, 3.05) is 0 Å². The van der Waals surface area contributed by atoms with Crippen LogP contribution < -0.4 is 0 Å². The van der Waals surface area contributed by atoms with E-state index in [1.165, 1.54) is 14.7 Å². The van der Waals surface area contributed by atoms with Crippen LogP contribution in [0.4, 0.5) is 0 Å². The molecule has 0 aliphatic heterocycles. The third kappa shape index (κ3) is 2.34. The van der Waals surface area contributed by atoms with E-state index in [0.29, 0.717) is 5.56 Å². The number of halogens is 1. The molecule has 4 rings (SSSR count). The van der Waals surface area contributed by atoms with E-state index in [4.69, 9.17) is 0 Å². The Kier molecular flexibility index (Phi) is 3.96. The van der Waals surface area contributed by atoms with E-state index in [1.54, 1.807) is 6.07 Å². The molecule has 2 aromatic rings. The summed E-state index contributed by atoms with van der Waals surface area (Å²) >= 11 is 2.37. The summed E-state index contributed by atoms with van der Waals surface area (Å²) in [4.78, 5) is 16.9. The second-order valence-corrected chi connectivity index (χ2v) is 8.54. The summed E-state index contributed by atoms with van der Waals surface area (Å²) in [6.07, 6.45) is 6.01. The largest absolute Gasteiger partial charge is 0.357 e. The lowest BCUT2D eigenvalue weighted by Gasteiger charge is -2.33. The highest BCUT2D eigenvalue weighted by Crippen LogP contribution is 2.47. The number of carbonyl (C=O) groups excluding carboxylic acids is 1. The molecular weight excluding hydrogens is 435 g/mol. The number of fused-ring (bicyclic) bond motifs is 3. The molecule has 130 valence electrons. The van der Waals surface area contributed by atoms with Crippen molar-refractivity contribution in [1.82, 2.24) is 4.98 Å². The maximum atomic E-state index is 13.5. The van der Waals surface area contributed by atoms with Gasteiger partial charge in [0, 0.05) is 31.2 Å². The quantitative estimate of drug-likeness (QED) is 0.548. The van der Waals surface area contributed by atoms with Crippen molar-refractivity contribution in [3.63, 3.8) is 0 Å². The molecule has 26 heavy (non-hydrogen) atoms. The first-order valence-electron chi connectivity index (χ1n) is 8.79. The molecule has 1 N–H and O–H groups in total. The van der Waals surface area contributed by atoms with Gasteiger partial charge in [-0.3, -0.25) is 4.79 Å². The number of H-pyrrole nitrogens is 1. The van der Waals surface area contributed by atoms with E-state index in [9.17, 15) is 10.1 Å². The number of Topliss-reactive ketones (excluding diaryl/α,β-unsaturated/α-hetero) is 1. The molecule has 0 spiro atoms. The number of aromatic nitrogens is 1. The van der Waals surface area contributed by atoms with Gasteiger partial charge in [-0.2, -0.15) is 5.26 Å². The lowest BCUT2D eigenvalue weighted by Crippen LogP contribution is -2.30. The van der Waals surface area contributed by atoms with Crippen molar-refractivity contribution < 1.29 is 4.79 Å². The molecule has 2 aliphatic carbocycles. The van der Waals surface area contributed by atoms with Gasteiger partial charge in [0.15, 0.2) is 5.78 Å². The van der Waals surface area contributed by atoms with Crippen molar-refractivity contribution in [1.29, 1.82) is 5.26 Å². The standard InChI is InChI=1S/C22H19IN2O/c1-4-13-10-15-16(7-8-17(13)23)22(2,3)21-19(20(15)26)14-6-5-12(11-24)9-18(14)25-21/h5-6,8-10,25H,4,7H2,1-3H3. The van der Waals surface area contributed by atoms with Gasteiger partial charge in [-0.25, -0.2) is 0 Å². The second-order valence-electron chi connectivity index (χ2n) is 7.37. The molecule has 0 saturated carbocycles. The third-order valence-electron chi connectivity index (χ3n) is 5.60. The molecule has 0 fully saturated rings. The van der Waals surface area contributed by atoms with Crippen LogP contribution in [0.3, 0.4) is 0 Å². The van der Waals surface area contributed by atoms with Crippen LogP contribution in [-0.4, -0.2) is 10.8 Å². The summed E-state index contributed by atoms with van der Waals surface area (Å²) in [5.74, 6) is 0.0933. The van der Waals surface area contributed by atoms with E-state index in [0.717, 1.165) is 40.6 Å². The lowest BCUT2D eigenvalue weighted by atomic mass is 9.70. The first kappa shape index (κ1) is 17.3. The predicted octanol–water partition coefficient (Wildman–Crippen LogP) is 5.87. The summed E-state index contributed by atoms with van der Waals surface area (Å²) in [7, 11) is 0. The number of aromatic amines is 1. The Morgan fingerprint density at radius 3 is 2.81 bits per heavy atom. The molecule has 1 aromatic carbocycles. The molecule has 1 heterocycles. The van der Waals surface area contributed by atoms with Crippen LogP contribution in [0.25, 0.3) is 10.9 Å². The van der Waals surface area contributed by atoms with Gasteiger partial charge in [0.25, 0.3) is 0 Å². The minimum atomic E-state index is -0.266. The highest BCUT2D eigenvalue weighted by molar-refractivity contribution is 14.1. The van der Waals surface area contributed by atoms with Crippen LogP contribution in [-0.2, 0) is 5.41 Å². The van der Waals surface area contributed by atoms with Crippen LogP contribution in [0.5, 0.6) is 0 Å². The predicted molar refractivity (Wildman–Crippen MR) is 112 cm³/mol. The lowest BCUT2D eigenvalue weighted by molar-refractivity contribution is 0.103. The third-order valence-corrected chi connectivity index (χ3v) is 6.73. The molecule has 0 bridgehead atoms. The Morgan fingerprint density at radius 2 is 2.12 bits per heavy atom. The first-order chi connectivity index (χ1) is 12.4. The van der Waals surface area contributed by atoms with E-state index >= 15 is 0 Å². The topological polar surface area (TPSA) is 56.6 Å². The monoisotopic (exact) mass is 454 g/mol. The van der Waals surface area contributed by atoms with Crippen LogP contribution in [0.2, 0.25) is 0 Å². The molecule has 0 unspecified atom stereocenters. The summed E-state index contributed by atoms with van der Waals surface area (Å²) in [6, 6.07) is 7.68. The highest BCUT2D eigenvalue weighted by atomic mass is 127. The normalized spacial score (nSPS) is 18.7. The van der Waals surface area contributed by atoms with Gasteiger partial charge in [-0.15, -0.1) is 0 Å². The highest BCUT2D eigenvalue weighted by Gasteiger charge is 2.40. The smallest absolute Gasteiger partial charge is 0.195 e. The second kappa shape index (κ2) is 5.95. The number of hydrogen-bond acceptors (Lipinski definition) is 2. The van der Waals surface area contributed by atoms with Gasteiger partial charge in [0.05, 0.1) is 17.2 Å². The van der Waals surface area contributed by atoms with Gasteiger partial charge in [0.2, 0.25) is 0 Å². The number of ketones is 1. The Balaban J connectivity index is 2.01. The maximum Gasteiger partial charge on any atom is 0.195 e. The van der Waals surface area contributed by atoms with Crippen molar-refractivity contribution in [2.45, 2.75) is 39.0 Å². The number of nitriles is 1. The van der Waals surface area contributed by atoms with Crippen molar-refractivity contribution in [2.24, 2.45) is 0 Å². The van der Waals surface area contributed by atoms with Gasteiger partial charge >= 0.3 is 0 Å². The van der Waals surface area contributed by atoms with Gasteiger partial charge in [-0.05, 0) is 64.8 Å². The van der Waals surface area contributed by atoms with Crippen molar-refractivity contribution in [3.8, 4) is 6.07 Å². The number of rotatable bonds is 1. The zero-order chi connectivity index (χ0) is 18.6. The fourth-order valence-corrected chi connectivity index (χ4v) is 4.84. The number of benzene rings is 1. The molecule has 0 radical (unpaired) electrons. The molecule has 3 nitrogen and oxygen atoms in total. The Bertz CT molecular complexity index is 1100. The van der Waals surface area contributed by atoms with Crippen LogP contribution >= 0.6 is 22.6 Å². The minimum absolute atomic E-state index is 0.0933. The Labute approximate surface area is 166 Å². The molecule has 2 aliphatic rings. The van der Waals surface area contributed by atoms with Crippen molar-refractivity contribution >= 4 is 39.3 Å². The van der Waals surface area contributed by atoms with Gasteiger partial charge < -0.3 is 4.98 Å². The summed E-state index contributed by atoms with van der Waals surface area (Å²) in [5.41, 5.74) is 6.14. The van der Waals surface area contributed by atoms with E-state index in [-0.39, 0.29) is 11.2 Å². The zero-order valence-electron chi connectivity index (χ0n) is 15.0. The molecule has 4 heteroatoms. The number of carbonyl (C=O) groups is 1. The number of nitrogens with one attached hydrogen (secondary N) is 1. The number of allylic oxidation sites excluding steroid dienone is 6. The fraction of sp³-hybridized carbons (Fsp3) is 0.273. The Hall–Kier alpha value is -2.13. The van der Waals surface area contributed by atoms with Crippen LogP contribution in [0.15, 0.2) is 50.7 Å². The summed E-state index contributed by atoms with van der Waals surface area (Å²) in [5, 5.41) is 10.1. The van der Waals surface area contributed by atoms with Gasteiger partial charge in [0.1, 0.15) is 0 Å². The summed E-state index contributed by atoms with van der Waals surface area (Å²) in [6.45, 7) is 6.49. The molecule has 0 amide bonds. The van der Waals surface area contributed by atoms with E-state index < -0.39 is 0 Å². The average molecular weight is 454 g/mol. The maximum absolute atomic E-state index is 13.5. The van der Waals surface area contributed by atoms with E-state index in [2.05, 4.69) is 66.6 Å². The molecular formula is C22H19IN2O. The number of nitrogens with zero attached hydrogens (tertiary/aromatic N) is 1. The minimum Gasteiger partial charge on any atom is -0.357 e.